The SMILES string of the molecule is CC(=O)c1c(C)c2cnc(Nc3ccc(N4CCN(CCCCNC(=O)COc5ccc6c(ccc7occ(C8CCC(=O)NC8=O)c76)c5)CC4)cn3)nc2n(C2CCCC2)c1=O. The van der Waals surface area contributed by atoms with Gasteiger partial charge >= 0.3 is 0 Å². The van der Waals surface area contributed by atoms with Gasteiger partial charge in [-0.15, -0.1) is 0 Å². The number of piperidine rings is 1. The summed E-state index contributed by atoms with van der Waals surface area (Å²) in [6, 6.07) is 13.3. The second-order valence-corrected chi connectivity index (χ2v) is 16.8. The summed E-state index contributed by atoms with van der Waals surface area (Å²) in [6.45, 7) is 8.24. The van der Waals surface area contributed by atoms with Gasteiger partial charge in [0.05, 0.1) is 29.6 Å². The van der Waals surface area contributed by atoms with Crippen LogP contribution in [0.2, 0.25) is 0 Å². The minimum atomic E-state index is -0.458. The number of furan rings is 1. The number of Topliss-reactive ketones (excluding diaryl/α,β-unsaturated/α-hetero) is 1. The highest BCUT2D eigenvalue weighted by molar-refractivity contribution is 6.11. The van der Waals surface area contributed by atoms with Crippen LogP contribution in [0, 0.1) is 6.92 Å². The zero-order chi connectivity index (χ0) is 43.6. The number of ether oxygens (including phenoxy) is 1. The molecule has 16 nitrogen and oxygen atoms in total. The van der Waals surface area contributed by atoms with Gasteiger partial charge in [-0.05, 0) is 105 Å². The highest BCUT2D eigenvalue weighted by atomic mass is 16.5. The van der Waals surface area contributed by atoms with E-state index in [4.69, 9.17) is 14.1 Å². The second-order valence-electron chi connectivity index (χ2n) is 16.8. The van der Waals surface area contributed by atoms with Crippen molar-refractivity contribution < 1.29 is 28.3 Å². The number of amides is 3. The smallest absolute Gasteiger partial charge is 0.263 e. The lowest BCUT2D eigenvalue weighted by Gasteiger charge is -2.36. The Kier molecular flexibility index (Phi) is 11.9. The minimum absolute atomic E-state index is 0.00692. The van der Waals surface area contributed by atoms with Crippen LogP contribution in [0.3, 0.4) is 0 Å². The largest absolute Gasteiger partial charge is 0.484 e. The molecule has 2 aromatic carbocycles. The fourth-order valence-electron chi connectivity index (χ4n) is 9.39. The van der Waals surface area contributed by atoms with Gasteiger partial charge in [0.25, 0.3) is 11.5 Å². The van der Waals surface area contributed by atoms with Crippen LogP contribution in [0.1, 0.15) is 91.7 Å². The van der Waals surface area contributed by atoms with Gasteiger partial charge in [-0.25, -0.2) is 9.97 Å². The molecule has 16 heteroatoms. The number of nitrogens with one attached hydrogen (secondary N) is 3. The molecule has 0 bridgehead atoms. The number of aromatic nitrogens is 4. The maximum Gasteiger partial charge on any atom is 0.263 e. The van der Waals surface area contributed by atoms with Crippen LogP contribution in [0.5, 0.6) is 5.75 Å². The van der Waals surface area contributed by atoms with Crippen molar-refractivity contribution in [2.45, 2.75) is 77.2 Å². The monoisotopic (exact) mass is 853 g/mol. The van der Waals surface area contributed by atoms with Crippen LogP contribution in [0.15, 0.2) is 70.3 Å². The fourth-order valence-corrected chi connectivity index (χ4v) is 9.39. The molecule has 6 heterocycles. The number of hydrogen-bond donors (Lipinski definition) is 3. The minimum Gasteiger partial charge on any atom is -0.484 e. The van der Waals surface area contributed by atoms with Gasteiger partial charge in [0, 0.05) is 67.7 Å². The third-order valence-electron chi connectivity index (χ3n) is 12.7. The number of fused-ring (bicyclic) bond motifs is 4. The van der Waals surface area contributed by atoms with Gasteiger partial charge < -0.3 is 24.7 Å². The lowest BCUT2D eigenvalue weighted by atomic mass is 9.89. The molecule has 6 aromatic rings. The summed E-state index contributed by atoms with van der Waals surface area (Å²) in [4.78, 5) is 81.7. The quantitative estimate of drug-likeness (QED) is 0.0650. The molecule has 1 atom stereocenters. The first kappa shape index (κ1) is 41.7. The van der Waals surface area contributed by atoms with E-state index in [0.29, 0.717) is 52.7 Å². The Morgan fingerprint density at radius 2 is 1.76 bits per heavy atom. The van der Waals surface area contributed by atoms with E-state index in [9.17, 15) is 24.0 Å². The first-order chi connectivity index (χ1) is 30.6. The third-order valence-corrected chi connectivity index (χ3v) is 12.7. The molecule has 3 fully saturated rings. The van der Waals surface area contributed by atoms with E-state index in [2.05, 4.69) is 35.7 Å². The molecule has 2 aliphatic heterocycles. The maximum atomic E-state index is 13.6. The maximum absolute atomic E-state index is 13.6. The lowest BCUT2D eigenvalue weighted by Crippen LogP contribution is -2.46. The standard InChI is InChI=1S/C47H51N9O7/c1-28-36-25-50-47(53-44(36)56(31-7-3-4-8-31)46(61)42(28)29(2)57)51-39-15-10-32(24-49-39)55-21-19-54(20-22-55)18-6-5-17-48-41(59)27-62-33-11-12-34-30(23-33)9-14-38-43(34)37(26-63-38)35-13-16-40(58)52-45(35)60/h9-12,14-15,23-26,31,35H,3-8,13,16-22,27H2,1-2H3,(H,48,59)(H,52,58,60)(H,49,50,51,53). The predicted molar refractivity (Wildman–Crippen MR) is 239 cm³/mol. The Bertz CT molecular complexity index is 2790. The van der Waals surface area contributed by atoms with Gasteiger partial charge in [-0.2, -0.15) is 4.98 Å². The second kappa shape index (κ2) is 18.0. The Hall–Kier alpha value is -6.68. The number of anilines is 3. The molecule has 326 valence electrons. The summed E-state index contributed by atoms with van der Waals surface area (Å²) in [5.74, 6) is 0.0470. The van der Waals surface area contributed by atoms with E-state index in [1.165, 1.54) is 6.92 Å². The van der Waals surface area contributed by atoms with E-state index < -0.39 is 5.92 Å². The van der Waals surface area contributed by atoms with Crippen LogP contribution in [0.4, 0.5) is 17.5 Å². The van der Waals surface area contributed by atoms with Crippen molar-refractivity contribution in [3.63, 3.8) is 0 Å². The summed E-state index contributed by atoms with van der Waals surface area (Å²) >= 11 is 0. The van der Waals surface area contributed by atoms with Crippen LogP contribution in [0.25, 0.3) is 32.8 Å². The van der Waals surface area contributed by atoms with E-state index in [0.717, 1.165) is 98.7 Å². The van der Waals surface area contributed by atoms with Crippen molar-refractivity contribution in [3.8, 4) is 5.75 Å². The van der Waals surface area contributed by atoms with Gasteiger partial charge in [-0.1, -0.05) is 18.9 Å². The Labute approximate surface area is 363 Å². The molecule has 0 radical (unpaired) electrons. The molecule has 2 saturated heterocycles. The Morgan fingerprint density at radius 3 is 2.52 bits per heavy atom. The molecule has 4 aromatic heterocycles. The highest BCUT2D eigenvalue weighted by Gasteiger charge is 2.31. The zero-order valence-corrected chi connectivity index (χ0v) is 35.6. The highest BCUT2D eigenvalue weighted by Crippen LogP contribution is 2.38. The number of rotatable bonds is 14. The van der Waals surface area contributed by atoms with Crippen LogP contribution in [-0.4, -0.2) is 93.8 Å². The first-order valence-electron chi connectivity index (χ1n) is 21.9. The van der Waals surface area contributed by atoms with Crippen molar-refractivity contribution in [1.29, 1.82) is 0 Å². The number of imide groups is 1. The number of carbonyl (C=O) groups excluding carboxylic acids is 4. The number of ketones is 1. The number of pyridine rings is 2. The van der Waals surface area contributed by atoms with E-state index in [-0.39, 0.29) is 53.7 Å². The molecule has 3 amide bonds. The van der Waals surface area contributed by atoms with Gasteiger partial charge in [0.2, 0.25) is 17.8 Å². The van der Waals surface area contributed by atoms with Crippen molar-refractivity contribution in [1.82, 2.24) is 35.1 Å². The number of aryl methyl sites for hydroxylation is 1. The number of benzene rings is 2. The van der Waals surface area contributed by atoms with Crippen molar-refractivity contribution in [2.75, 3.05) is 56.1 Å². The topological polar surface area (TPSA) is 194 Å². The average molecular weight is 854 g/mol. The molecule has 1 unspecified atom stereocenters. The summed E-state index contributed by atoms with van der Waals surface area (Å²) in [7, 11) is 0. The molecular weight excluding hydrogens is 803 g/mol. The normalized spacial score (nSPS) is 17.4. The van der Waals surface area contributed by atoms with Gasteiger partial charge in [0.15, 0.2) is 12.4 Å². The summed E-state index contributed by atoms with van der Waals surface area (Å²) in [5.41, 5.74) is 3.55. The molecule has 3 aliphatic rings. The zero-order valence-electron chi connectivity index (χ0n) is 35.6. The molecule has 3 N–H and O–H groups in total. The fraction of sp³-hybridized carbons (Fsp3) is 0.404. The molecule has 1 aliphatic carbocycles. The van der Waals surface area contributed by atoms with E-state index in [1.54, 1.807) is 24.0 Å². The average Bonchev–Trinajstić information content (AvgIpc) is 3.97. The molecular formula is C47H51N9O7. The number of piperazine rings is 1. The van der Waals surface area contributed by atoms with Gasteiger partial charge in [-0.3, -0.25) is 38.8 Å². The molecule has 1 saturated carbocycles. The van der Waals surface area contributed by atoms with Crippen molar-refractivity contribution >= 4 is 73.7 Å². The summed E-state index contributed by atoms with van der Waals surface area (Å²) in [5, 5.41) is 12.0. The molecule has 9 rings (SSSR count). The van der Waals surface area contributed by atoms with Gasteiger partial charge in [0.1, 0.15) is 22.8 Å². The summed E-state index contributed by atoms with van der Waals surface area (Å²) in [6.07, 6.45) is 11.5. The first-order valence-corrected chi connectivity index (χ1v) is 21.9. The number of unbranched alkanes of at least 4 members (excludes halogenated alkanes) is 1. The Balaban J connectivity index is 0.710. The number of hydrogen-bond acceptors (Lipinski definition) is 13. The van der Waals surface area contributed by atoms with E-state index in [1.807, 2.05) is 48.7 Å². The molecule has 0 spiro atoms. The van der Waals surface area contributed by atoms with Crippen LogP contribution >= 0.6 is 0 Å². The third kappa shape index (κ3) is 8.72. The van der Waals surface area contributed by atoms with E-state index >= 15 is 0 Å². The molecule has 63 heavy (non-hydrogen) atoms. The Morgan fingerprint density at radius 1 is 0.937 bits per heavy atom. The number of carbonyl (C=O) groups is 4. The van der Waals surface area contributed by atoms with Crippen LogP contribution in [-0.2, 0) is 14.4 Å². The summed E-state index contributed by atoms with van der Waals surface area (Å²) < 4.78 is 13.3. The van der Waals surface area contributed by atoms with Crippen LogP contribution < -0.4 is 31.1 Å². The predicted octanol–water partition coefficient (Wildman–Crippen LogP) is 6.07. The lowest BCUT2D eigenvalue weighted by molar-refractivity contribution is -0.134. The van der Waals surface area contributed by atoms with Crippen molar-refractivity contribution in [2.24, 2.45) is 0 Å². The van der Waals surface area contributed by atoms with Crippen molar-refractivity contribution in [3.05, 3.63) is 88.2 Å². The number of nitrogens with zero attached hydrogens (tertiary/aromatic N) is 6.